The zero-order chi connectivity index (χ0) is 11.8. The van der Waals surface area contributed by atoms with Crippen molar-refractivity contribution in [2.75, 3.05) is 13.1 Å². The second kappa shape index (κ2) is 4.09. The highest BCUT2D eigenvalue weighted by molar-refractivity contribution is 5.86. The van der Waals surface area contributed by atoms with Crippen LogP contribution in [0, 0.1) is 0 Å². The monoisotopic (exact) mass is 225 g/mol. The normalized spacial score (nSPS) is 31.6. The van der Waals surface area contributed by atoms with Gasteiger partial charge in [0.05, 0.1) is 11.8 Å². The van der Waals surface area contributed by atoms with E-state index in [1.54, 1.807) is 6.92 Å². The van der Waals surface area contributed by atoms with Crippen LogP contribution in [0.1, 0.15) is 33.1 Å². The lowest BCUT2D eigenvalue weighted by molar-refractivity contribution is -0.155. The molecular formula is C12H19NO3. The lowest BCUT2D eigenvalue weighted by Crippen LogP contribution is -2.46. The number of aliphatic hydroxyl groups excluding tert-OH is 1. The van der Waals surface area contributed by atoms with Gasteiger partial charge in [0.25, 0.3) is 0 Å². The fourth-order valence-corrected chi connectivity index (χ4v) is 2.54. The minimum Gasteiger partial charge on any atom is -0.447 e. The highest BCUT2D eigenvalue weighted by atomic mass is 16.6. The molecule has 4 nitrogen and oxygen atoms in total. The third-order valence-electron chi connectivity index (χ3n) is 3.55. The van der Waals surface area contributed by atoms with Crippen molar-refractivity contribution in [3.05, 3.63) is 11.8 Å². The van der Waals surface area contributed by atoms with Crippen molar-refractivity contribution in [2.24, 2.45) is 0 Å². The Bertz CT molecular complexity index is 320. The van der Waals surface area contributed by atoms with Crippen molar-refractivity contribution in [3.8, 4) is 0 Å². The van der Waals surface area contributed by atoms with Crippen LogP contribution in [-0.4, -0.2) is 40.8 Å². The van der Waals surface area contributed by atoms with Crippen molar-refractivity contribution >= 4 is 5.97 Å². The number of aliphatic hydroxyl groups is 1. The molecule has 2 aliphatic rings. The maximum Gasteiger partial charge on any atom is 0.333 e. The smallest absolute Gasteiger partial charge is 0.333 e. The second-order valence-electron chi connectivity index (χ2n) is 4.68. The second-order valence-corrected chi connectivity index (χ2v) is 4.68. The van der Waals surface area contributed by atoms with Gasteiger partial charge < -0.3 is 14.7 Å². The van der Waals surface area contributed by atoms with E-state index in [4.69, 9.17) is 4.74 Å². The van der Waals surface area contributed by atoms with Crippen LogP contribution < -0.4 is 0 Å². The first kappa shape index (κ1) is 11.5. The maximum atomic E-state index is 11.4. The SMILES string of the molecule is CC[C@@H](O)[C@@]1(C)OC(=O)C=C1N1CCCC1. The Labute approximate surface area is 95.9 Å². The molecule has 0 amide bonds. The van der Waals surface area contributed by atoms with Gasteiger partial charge in [-0.2, -0.15) is 0 Å². The van der Waals surface area contributed by atoms with Crippen LogP contribution in [0.4, 0.5) is 0 Å². The molecule has 4 heteroatoms. The van der Waals surface area contributed by atoms with Crippen molar-refractivity contribution in [3.63, 3.8) is 0 Å². The molecule has 2 rings (SSSR count). The average Bonchev–Trinajstić information content (AvgIpc) is 2.85. The molecular weight excluding hydrogens is 206 g/mol. The molecule has 2 aliphatic heterocycles. The summed E-state index contributed by atoms with van der Waals surface area (Å²) in [5.74, 6) is -0.336. The fourth-order valence-electron chi connectivity index (χ4n) is 2.54. The van der Waals surface area contributed by atoms with Crippen LogP contribution in [0.25, 0.3) is 0 Å². The number of likely N-dealkylation sites (tertiary alicyclic amines) is 1. The molecule has 2 heterocycles. The molecule has 0 aromatic heterocycles. The van der Waals surface area contributed by atoms with Crippen LogP contribution in [-0.2, 0) is 9.53 Å². The molecule has 0 aromatic carbocycles. The minimum atomic E-state index is -0.851. The van der Waals surface area contributed by atoms with Crippen LogP contribution >= 0.6 is 0 Å². The molecule has 2 atom stereocenters. The molecule has 0 radical (unpaired) electrons. The van der Waals surface area contributed by atoms with Gasteiger partial charge in [-0.3, -0.25) is 0 Å². The van der Waals surface area contributed by atoms with Gasteiger partial charge in [-0.1, -0.05) is 6.92 Å². The third-order valence-corrected chi connectivity index (χ3v) is 3.55. The van der Waals surface area contributed by atoms with Gasteiger partial charge >= 0.3 is 5.97 Å². The molecule has 1 fully saturated rings. The summed E-state index contributed by atoms with van der Waals surface area (Å²) in [4.78, 5) is 13.6. The number of ether oxygens (including phenoxy) is 1. The predicted octanol–water partition coefficient (Wildman–Crippen LogP) is 1.05. The van der Waals surface area contributed by atoms with E-state index in [2.05, 4.69) is 4.90 Å². The Kier molecular flexibility index (Phi) is 2.93. The fraction of sp³-hybridized carbons (Fsp3) is 0.750. The number of esters is 1. The van der Waals surface area contributed by atoms with Crippen LogP contribution in [0.5, 0.6) is 0 Å². The summed E-state index contributed by atoms with van der Waals surface area (Å²) in [6.07, 6.45) is 3.76. The van der Waals surface area contributed by atoms with Gasteiger partial charge in [0.1, 0.15) is 0 Å². The summed E-state index contributed by atoms with van der Waals surface area (Å²) < 4.78 is 5.30. The highest BCUT2D eigenvalue weighted by Gasteiger charge is 2.46. The van der Waals surface area contributed by atoms with Crippen LogP contribution in [0.3, 0.4) is 0 Å². The topological polar surface area (TPSA) is 49.8 Å². The number of cyclic esters (lactones) is 1. The van der Waals surface area contributed by atoms with Gasteiger partial charge in [0, 0.05) is 19.2 Å². The standard InChI is InChI=1S/C12H19NO3/c1-3-10(14)12(2)9(8-11(15)16-12)13-6-4-5-7-13/h8,10,14H,3-7H2,1-2H3/t10-,12+/m1/s1. The summed E-state index contributed by atoms with van der Waals surface area (Å²) in [5.41, 5.74) is 0.000231. The Balaban J connectivity index is 2.25. The van der Waals surface area contributed by atoms with Crippen molar-refractivity contribution in [1.29, 1.82) is 0 Å². The zero-order valence-electron chi connectivity index (χ0n) is 9.90. The summed E-state index contributed by atoms with van der Waals surface area (Å²) >= 11 is 0. The number of carbonyl (C=O) groups is 1. The highest BCUT2D eigenvalue weighted by Crippen LogP contribution is 2.36. The number of carbonyl (C=O) groups excluding carboxylic acids is 1. The van der Waals surface area contributed by atoms with Gasteiger partial charge in [-0.15, -0.1) is 0 Å². The van der Waals surface area contributed by atoms with E-state index in [1.807, 2.05) is 6.92 Å². The summed E-state index contributed by atoms with van der Waals surface area (Å²) in [7, 11) is 0. The number of hydrogen-bond acceptors (Lipinski definition) is 4. The molecule has 0 spiro atoms. The maximum absolute atomic E-state index is 11.4. The van der Waals surface area contributed by atoms with Gasteiger partial charge in [0.2, 0.25) is 0 Å². The van der Waals surface area contributed by atoms with Crippen molar-refractivity contribution in [1.82, 2.24) is 4.90 Å². The molecule has 16 heavy (non-hydrogen) atoms. The van der Waals surface area contributed by atoms with Gasteiger partial charge in [0.15, 0.2) is 5.60 Å². The van der Waals surface area contributed by atoms with E-state index in [1.165, 1.54) is 6.08 Å². The Hall–Kier alpha value is -1.03. The van der Waals surface area contributed by atoms with Gasteiger partial charge in [-0.05, 0) is 26.2 Å². The average molecular weight is 225 g/mol. The molecule has 0 saturated carbocycles. The van der Waals surface area contributed by atoms with E-state index >= 15 is 0 Å². The largest absolute Gasteiger partial charge is 0.447 e. The summed E-state index contributed by atoms with van der Waals surface area (Å²) in [6, 6.07) is 0. The molecule has 90 valence electrons. The van der Waals surface area contributed by atoms with E-state index in [9.17, 15) is 9.90 Å². The van der Waals surface area contributed by atoms with E-state index in [0.29, 0.717) is 6.42 Å². The molecule has 0 aliphatic carbocycles. The summed E-state index contributed by atoms with van der Waals surface area (Å²) in [5, 5.41) is 10.0. The first-order valence-corrected chi connectivity index (χ1v) is 5.96. The minimum absolute atomic E-state index is 0.336. The van der Waals surface area contributed by atoms with E-state index < -0.39 is 11.7 Å². The lowest BCUT2D eigenvalue weighted by atomic mass is 9.93. The molecule has 0 unspecified atom stereocenters. The quantitative estimate of drug-likeness (QED) is 0.729. The first-order valence-electron chi connectivity index (χ1n) is 5.96. The Morgan fingerprint density at radius 2 is 2.19 bits per heavy atom. The van der Waals surface area contributed by atoms with E-state index in [-0.39, 0.29) is 5.97 Å². The van der Waals surface area contributed by atoms with Crippen molar-refractivity contribution in [2.45, 2.75) is 44.8 Å². The Morgan fingerprint density at radius 3 is 2.75 bits per heavy atom. The Morgan fingerprint density at radius 1 is 1.56 bits per heavy atom. The van der Waals surface area contributed by atoms with Gasteiger partial charge in [-0.25, -0.2) is 4.79 Å². The predicted molar refractivity (Wildman–Crippen MR) is 59.7 cm³/mol. The number of rotatable bonds is 3. The number of nitrogens with zero attached hydrogens (tertiary/aromatic N) is 1. The number of hydrogen-bond donors (Lipinski definition) is 1. The van der Waals surface area contributed by atoms with Crippen LogP contribution in [0.15, 0.2) is 11.8 Å². The van der Waals surface area contributed by atoms with Crippen LogP contribution in [0.2, 0.25) is 0 Å². The molecule has 0 bridgehead atoms. The zero-order valence-corrected chi connectivity index (χ0v) is 9.90. The molecule has 0 aromatic rings. The third kappa shape index (κ3) is 1.71. The lowest BCUT2D eigenvalue weighted by Gasteiger charge is -2.35. The molecule has 1 N–H and O–H groups in total. The first-order chi connectivity index (χ1) is 7.58. The van der Waals surface area contributed by atoms with Crippen molar-refractivity contribution < 1.29 is 14.6 Å². The summed E-state index contributed by atoms with van der Waals surface area (Å²) in [6.45, 7) is 5.60. The molecule has 1 saturated heterocycles. The van der Waals surface area contributed by atoms with E-state index in [0.717, 1.165) is 31.6 Å².